The molecule has 1 aliphatic heterocycles. The number of hydrogen-bond acceptors (Lipinski definition) is 6. The molecule has 0 bridgehead atoms. The second-order valence-corrected chi connectivity index (χ2v) is 12.6. The zero-order chi connectivity index (χ0) is 31.5. The van der Waals surface area contributed by atoms with Crippen molar-refractivity contribution in [1.29, 1.82) is 0 Å². The lowest BCUT2D eigenvalue weighted by Gasteiger charge is -2.36. The third-order valence-electron chi connectivity index (χ3n) is 8.65. The Kier molecular flexibility index (Phi) is 11.9. The van der Waals surface area contributed by atoms with Crippen molar-refractivity contribution >= 4 is 0 Å². The first-order valence-electron chi connectivity index (χ1n) is 16.1. The fraction of sp³-hybridized carbons (Fsp3) is 0.385. The van der Waals surface area contributed by atoms with Crippen molar-refractivity contribution in [1.82, 2.24) is 9.80 Å². The van der Waals surface area contributed by atoms with Gasteiger partial charge in [0, 0.05) is 38.3 Å². The third kappa shape index (κ3) is 9.81. The summed E-state index contributed by atoms with van der Waals surface area (Å²) in [7, 11) is 0. The van der Waals surface area contributed by atoms with Crippen LogP contribution in [0, 0.1) is 0 Å². The third-order valence-corrected chi connectivity index (χ3v) is 8.65. The fourth-order valence-corrected chi connectivity index (χ4v) is 6.39. The smallest absolute Gasteiger partial charge is 0.163 e. The molecule has 0 unspecified atom stereocenters. The molecule has 0 radical (unpaired) electrons. The van der Waals surface area contributed by atoms with Crippen molar-refractivity contribution in [2.45, 2.75) is 69.9 Å². The molecule has 0 aliphatic carbocycles. The first-order chi connectivity index (χ1) is 21.9. The van der Waals surface area contributed by atoms with E-state index in [1.54, 1.807) is 0 Å². The van der Waals surface area contributed by atoms with E-state index in [2.05, 4.69) is 82.6 Å². The van der Waals surface area contributed by atoms with Gasteiger partial charge in [0.25, 0.3) is 0 Å². The van der Waals surface area contributed by atoms with Gasteiger partial charge in [-0.2, -0.15) is 0 Å². The monoisotopic (exact) mass is 608 g/mol. The summed E-state index contributed by atoms with van der Waals surface area (Å²) < 4.78 is 13.2. The molecule has 4 atom stereocenters. The molecule has 1 saturated heterocycles. The van der Waals surface area contributed by atoms with Gasteiger partial charge in [-0.15, -0.1) is 0 Å². The molecule has 238 valence electrons. The average Bonchev–Trinajstić information content (AvgIpc) is 3.35. The molecular formula is C39H48N2O4. The van der Waals surface area contributed by atoms with Gasteiger partial charge in [-0.25, -0.2) is 0 Å². The van der Waals surface area contributed by atoms with Crippen molar-refractivity contribution in [3.63, 3.8) is 0 Å². The summed E-state index contributed by atoms with van der Waals surface area (Å²) >= 11 is 0. The molecule has 5 rings (SSSR count). The van der Waals surface area contributed by atoms with E-state index < -0.39 is 5.79 Å². The highest BCUT2D eigenvalue weighted by Crippen LogP contribution is 2.31. The lowest BCUT2D eigenvalue weighted by molar-refractivity contribution is -0.150. The molecule has 0 saturated carbocycles. The van der Waals surface area contributed by atoms with Gasteiger partial charge in [-0.3, -0.25) is 9.80 Å². The molecule has 0 amide bonds. The highest BCUT2D eigenvalue weighted by atomic mass is 16.8. The van der Waals surface area contributed by atoms with Gasteiger partial charge in [0.15, 0.2) is 5.79 Å². The summed E-state index contributed by atoms with van der Waals surface area (Å²) in [6.07, 6.45) is 0.997. The summed E-state index contributed by atoms with van der Waals surface area (Å²) in [4.78, 5) is 4.69. The summed E-state index contributed by atoms with van der Waals surface area (Å²) in [5, 5.41) is 21.4. The summed E-state index contributed by atoms with van der Waals surface area (Å²) in [6, 6.07) is 41.4. The van der Waals surface area contributed by atoms with Crippen LogP contribution in [-0.2, 0) is 35.4 Å². The van der Waals surface area contributed by atoms with Crippen molar-refractivity contribution in [3.8, 4) is 0 Å². The van der Waals surface area contributed by atoms with Crippen LogP contribution in [0.25, 0.3) is 0 Å². The Labute approximate surface area is 268 Å². The molecule has 1 heterocycles. The van der Waals surface area contributed by atoms with Gasteiger partial charge in [0.1, 0.15) is 12.2 Å². The van der Waals surface area contributed by atoms with Crippen LogP contribution in [0.1, 0.15) is 36.1 Å². The zero-order valence-corrected chi connectivity index (χ0v) is 26.6. The molecule has 1 fully saturated rings. The van der Waals surface area contributed by atoms with E-state index in [0.717, 1.165) is 12.8 Å². The van der Waals surface area contributed by atoms with Crippen molar-refractivity contribution in [2.75, 3.05) is 26.3 Å². The molecule has 2 N–H and O–H groups in total. The largest absolute Gasteiger partial charge is 0.395 e. The van der Waals surface area contributed by atoms with Crippen molar-refractivity contribution in [3.05, 3.63) is 144 Å². The second kappa shape index (κ2) is 16.3. The maximum Gasteiger partial charge on any atom is 0.163 e. The van der Waals surface area contributed by atoms with Crippen molar-refractivity contribution in [2.24, 2.45) is 0 Å². The van der Waals surface area contributed by atoms with Gasteiger partial charge in [0.05, 0.1) is 13.2 Å². The standard InChI is InChI=1S/C39H48N2O4/c1-39(2)44-37(27-40(25-33-19-11-5-12-20-33)35(29-42)23-31-15-7-3-8-16-31)38(45-39)28-41(26-34-21-13-6-14-22-34)36(30-43)24-32-17-9-4-10-18-32/h3-22,35-38,42-43H,23-30H2,1-2H3/t35-,36-,37-,38-/m0/s1. The van der Waals surface area contributed by atoms with E-state index in [1.165, 1.54) is 22.3 Å². The maximum atomic E-state index is 10.7. The summed E-state index contributed by atoms with van der Waals surface area (Å²) in [5.74, 6) is -0.756. The number of ether oxygens (including phenoxy) is 2. The average molecular weight is 609 g/mol. The highest BCUT2D eigenvalue weighted by Gasteiger charge is 2.44. The minimum absolute atomic E-state index is 0.0349. The van der Waals surface area contributed by atoms with Crippen LogP contribution in [0.2, 0.25) is 0 Å². The first kappa shape index (κ1) is 33.0. The van der Waals surface area contributed by atoms with Gasteiger partial charge < -0.3 is 19.7 Å². The van der Waals surface area contributed by atoms with Crippen LogP contribution in [0.5, 0.6) is 0 Å². The molecule has 4 aromatic rings. The van der Waals surface area contributed by atoms with E-state index in [1.807, 2.05) is 62.4 Å². The second-order valence-electron chi connectivity index (χ2n) is 12.6. The fourth-order valence-electron chi connectivity index (χ4n) is 6.39. The number of aliphatic hydroxyl groups is 2. The number of hydrogen-bond donors (Lipinski definition) is 2. The first-order valence-corrected chi connectivity index (χ1v) is 16.1. The van der Waals surface area contributed by atoms with Crippen LogP contribution < -0.4 is 0 Å². The van der Waals surface area contributed by atoms with Crippen LogP contribution in [0.3, 0.4) is 0 Å². The van der Waals surface area contributed by atoms with E-state index in [9.17, 15) is 10.2 Å². The molecule has 4 aromatic carbocycles. The molecule has 0 spiro atoms. The molecule has 0 aromatic heterocycles. The Morgan fingerprint density at radius 3 is 1.16 bits per heavy atom. The molecule has 6 heteroatoms. The minimum atomic E-state index is -0.756. The minimum Gasteiger partial charge on any atom is -0.395 e. The number of benzene rings is 4. The van der Waals surface area contributed by atoms with Crippen LogP contribution in [-0.4, -0.2) is 76.4 Å². The lowest BCUT2D eigenvalue weighted by Crippen LogP contribution is -2.50. The van der Waals surface area contributed by atoms with Crippen LogP contribution in [0.15, 0.2) is 121 Å². The molecular weight excluding hydrogens is 560 g/mol. The lowest BCUT2D eigenvalue weighted by atomic mass is 10.0. The normalized spacial score (nSPS) is 19.2. The van der Waals surface area contributed by atoms with Crippen molar-refractivity contribution < 1.29 is 19.7 Å². The topological polar surface area (TPSA) is 65.4 Å². The maximum absolute atomic E-state index is 10.7. The number of aliphatic hydroxyl groups excluding tert-OH is 2. The van der Waals surface area contributed by atoms with Gasteiger partial charge >= 0.3 is 0 Å². The van der Waals surface area contributed by atoms with Crippen LogP contribution in [0.4, 0.5) is 0 Å². The quantitative estimate of drug-likeness (QED) is 0.170. The highest BCUT2D eigenvalue weighted by molar-refractivity contribution is 5.19. The molecule has 6 nitrogen and oxygen atoms in total. The molecule has 1 aliphatic rings. The predicted molar refractivity (Wildman–Crippen MR) is 180 cm³/mol. The summed E-state index contributed by atoms with van der Waals surface area (Å²) in [6.45, 7) is 6.60. The Morgan fingerprint density at radius 2 is 0.844 bits per heavy atom. The molecule has 45 heavy (non-hydrogen) atoms. The Morgan fingerprint density at radius 1 is 0.533 bits per heavy atom. The Bertz CT molecular complexity index is 1280. The predicted octanol–water partition coefficient (Wildman–Crippen LogP) is 5.72. The van der Waals surface area contributed by atoms with E-state index in [0.29, 0.717) is 26.2 Å². The van der Waals surface area contributed by atoms with E-state index in [-0.39, 0.29) is 37.5 Å². The van der Waals surface area contributed by atoms with Gasteiger partial charge in [0.2, 0.25) is 0 Å². The number of nitrogens with zero attached hydrogens (tertiary/aromatic N) is 2. The number of rotatable bonds is 16. The Hall–Kier alpha value is -3.36. The zero-order valence-electron chi connectivity index (χ0n) is 26.6. The van der Waals surface area contributed by atoms with Gasteiger partial charge in [-0.05, 0) is 48.9 Å². The van der Waals surface area contributed by atoms with Gasteiger partial charge in [-0.1, -0.05) is 121 Å². The Balaban J connectivity index is 1.40. The summed E-state index contributed by atoms with van der Waals surface area (Å²) in [5.41, 5.74) is 4.76. The SMILES string of the molecule is CC1(C)O[C@@H](CN(Cc2ccccc2)[C@H](CO)Cc2ccccc2)[C@H](CN(Cc2ccccc2)[C@H](CO)Cc2ccccc2)O1. The van der Waals surface area contributed by atoms with E-state index in [4.69, 9.17) is 9.47 Å². The van der Waals surface area contributed by atoms with Crippen LogP contribution >= 0.6 is 0 Å². The van der Waals surface area contributed by atoms with E-state index >= 15 is 0 Å².